The molecule has 1 atom stereocenters. The SMILES string of the molecule is CCNc1ncc(F)cc1C(=O)N1CCOC(C)C1. The monoisotopic (exact) mass is 267 g/mol. The zero-order valence-electron chi connectivity index (χ0n) is 11.1. The number of ether oxygens (including phenoxy) is 1. The number of hydrogen-bond acceptors (Lipinski definition) is 4. The molecule has 19 heavy (non-hydrogen) atoms. The number of carbonyl (C=O) groups excluding carboxylic acids is 1. The maximum Gasteiger partial charge on any atom is 0.257 e. The first-order chi connectivity index (χ1) is 9.11. The molecule has 0 bridgehead atoms. The molecule has 1 amide bonds. The molecule has 5 nitrogen and oxygen atoms in total. The van der Waals surface area contributed by atoms with Crippen LogP contribution in [0.2, 0.25) is 0 Å². The number of pyridine rings is 1. The largest absolute Gasteiger partial charge is 0.375 e. The summed E-state index contributed by atoms with van der Waals surface area (Å²) in [5.41, 5.74) is 0.274. The molecule has 1 fully saturated rings. The second kappa shape index (κ2) is 5.97. The van der Waals surface area contributed by atoms with Crippen LogP contribution in [0.5, 0.6) is 0 Å². The molecule has 0 aliphatic carbocycles. The van der Waals surface area contributed by atoms with E-state index in [-0.39, 0.29) is 17.6 Å². The molecule has 0 radical (unpaired) electrons. The van der Waals surface area contributed by atoms with E-state index in [1.54, 1.807) is 4.90 Å². The fraction of sp³-hybridized carbons (Fsp3) is 0.538. The van der Waals surface area contributed by atoms with Crippen molar-refractivity contribution in [2.75, 3.05) is 31.6 Å². The van der Waals surface area contributed by atoms with Crippen LogP contribution in [-0.4, -0.2) is 48.1 Å². The van der Waals surface area contributed by atoms with Crippen molar-refractivity contribution >= 4 is 11.7 Å². The Morgan fingerprint density at radius 1 is 1.68 bits per heavy atom. The smallest absolute Gasteiger partial charge is 0.257 e. The highest BCUT2D eigenvalue weighted by Gasteiger charge is 2.25. The molecule has 2 heterocycles. The Bertz CT molecular complexity index is 467. The summed E-state index contributed by atoms with van der Waals surface area (Å²) in [4.78, 5) is 18.0. The van der Waals surface area contributed by atoms with Crippen molar-refractivity contribution < 1.29 is 13.9 Å². The Kier molecular flexibility index (Phi) is 4.31. The van der Waals surface area contributed by atoms with Gasteiger partial charge in [-0.25, -0.2) is 9.37 Å². The van der Waals surface area contributed by atoms with Gasteiger partial charge in [0.1, 0.15) is 11.6 Å². The average Bonchev–Trinajstić information content (AvgIpc) is 2.40. The van der Waals surface area contributed by atoms with E-state index in [0.717, 1.165) is 6.20 Å². The molecule has 1 aliphatic rings. The lowest BCUT2D eigenvalue weighted by Gasteiger charge is -2.31. The van der Waals surface area contributed by atoms with Gasteiger partial charge in [0.25, 0.3) is 5.91 Å². The molecule has 1 N–H and O–H groups in total. The van der Waals surface area contributed by atoms with E-state index in [1.165, 1.54) is 6.07 Å². The van der Waals surface area contributed by atoms with Crippen LogP contribution in [0, 0.1) is 5.82 Å². The van der Waals surface area contributed by atoms with Crippen LogP contribution in [0.3, 0.4) is 0 Å². The Labute approximate surface area is 111 Å². The Balaban J connectivity index is 2.24. The Morgan fingerprint density at radius 2 is 2.47 bits per heavy atom. The van der Waals surface area contributed by atoms with Crippen LogP contribution in [0.1, 0.15) is 24.2 Å². The van der Waals surface area contributed by atoms with Gasteiger partial charge in [0, 0.05) is 19.6 Å². The lowest BCUT2D eigenvalue weighted by Crippen LogP contribution is -2.44. The van der Waals surface area contributed by atoms with Gasteiger partial charge < -0.3 is 15.0 Å². The Morgan fingerprint density at radius 3 is 3.16 bits per heavy atom. The number of nitrogens with zero attached hydrogens (tertiary/aromatic N) is 2. The second-order valence-corrected chi connectivity index (χ2v) is 4.51. The third-order valence-corrected chi connectivity index (χ3v) is 2.96. The summed E-state index contributed by atoms with van der Waals surface area (Å²) >= 11 is 0. The number of anilines is 1. The van der Waals surface area contributed by atoms with Crippen LogP contribution >= 0.6 is 0 Å². The quantitative estimate of drug-likeness (QED) is 0.902. The summed E-state index contributed by atoms with van der Waals surface area (Å²) < 4.78 is 18.7. The van der Waals surface area contributed by atoms with Gasteiger partial charge >= 0.3 is 0 Å². The van der Waals surface area contributed by atoms with E-state index in [1.807, 2.05) is 13.8 Å². The molecule has 1 aliphatic heterocycles. The van der Waals surface area contributed by atoms with Crippen molar-refractivity contribution in [3.63, 3.8) is 0 Å². The van der Waals surface area contributed by atoms with Gasteiger partial charge in [-0.2, -0.15) is 0 Å². The molecule has 6 heteroatoms. The summed E-state index contributed by atoms with van der Waals surface area (Å²) in [5, 5.41) is 2.98. The third-order valence-electron chi connectivity index (χ3n) is 2.96. The van der Waals surface area contributed by atoms with Gasteiger partial charge in [0.05, 0.1) is 24.5 Å². The van der Waals surface area contributed by atoms with Crippen LogP contribution in [0.4, 0.5) is 10.2 Å². The first-order valence-electron chi connectivity index (χ1n) is 6.42. The number of halogens is 1. The highest BCUT2D eigenvalue weighted by molar-refractivity contribution is 5.98. The van der Waals surface area contributed by atoms with Crippen molar-refractivity contribution in [1.29, 1.82) is 0 Å². The normalized spacial score (nSPS) is 19.3. The summed E-state index contributed by atoms with van der Waals surface area (Å²) in [6.07, 6.45) is 1.11. The summed E-state index contributed by atoms with van der Waals surface area (Å²) in [5.74, 6) is -0.294. The minimum atomic E-state index is -0.508. The highest BCUT2D eigenvalue weighted by Crippen LogP contribution is 2.17. The van der Waals surface area contributed by atoms with Crippen molar-refractivity contribution in [2.24, 2.45) is 0 Å². The standard InChI is InChI=1S/C13H18FN3O2/c1-3-15-12-11(6-10(14)7-16-12)13(18)17-4-5-19-9(2)8-17/h6-7,9H,3-5,8H2,1-2H3,(H,15,16). The lowest BCUT2D eigenvalue weighted by atomic mass is 10.2. The zero-order chi connectivity index (χ0) is 13.8. The summed E-state index contributed by atoms with van der Waals surface area (Å²) in [7, 11) is 0. The number of nitrogens with one attached hydrogen (secondary N) is 1. The molecule has 1 saturated heterocycles. The van der Waals surface area contributed by atoms with E-state index in [9.17, 15) is 9.18 Å². The van der Waals surface area contributed by atoms with Gasteiger partial charge in [-0.1, -0.05) is 0 Å². The van der Waals surface area contributed by atoms with Gasteiger partial charge in [-0.3, -0.25) is 4.79 Å². The molecule has 1 unspecified atom stereocenters. The number of rotatable bonds is 3. The second-order valence-electron chi connectivity index (χ2n) is 4.51. The number of hydrogen-bond donors (Lipinski definition) is 1. The molecule has 104 valence electrons. The molecule has 1 aromatic rings. The zero-order valence-corrected chi connectivity index (χ0v) is 11.1. The first-order valence-corrected chi connectivity index (χ1v) is 6.42. The molecular weight excluding hydrogens is 249 g/mol. The molecule has 1 aromatic heterocycles. The fourth-order valence-electron chi connectivity index (χ4n) is 2.08. The van der Waals surface area contributed by atoms with Crippen LogP contribution in [0.25, 0.3) is 0 Å². The van der Waals surface area contributed by atoms with E-state index in [4.69, 9.17) is 4.74 Å². The number of morpholine rings is 1. The third kappa shape index (κ3) is 3.20. The van der Waals surface area contributed by atoms with Crippen molar-refractivity contribution in [2.45, 2.75) is 20.0 Å². The number of amides is 1. The Hall–Kier alpha value is -1.69. The van der Waals surface area contributed by atoms with Crippen LogP contribution in [-0.2, 0) is 4.74 Å². The van der Waals surface area contributed by atoms with Crippen molar-refractivity contribution in [1.82, 2.24) is 9.88 Å². The topological polar surface area (TPSA) is 54.5 Å². The van der Waals surface area contributed by atoms with Crippen molar-refractivity contribution in [3.8, 4) is 0 Å². The van der Waals surface area contributed by atoms with Gasteiger partial charge in [-0.05, 0) is 19.9 Å². The van der Waals surface area contributed by atoms with Crippen LogP contribution < -0.4 is 5.32 Å². The van der Waals surface area contributed by atoms with E-state index in [0.29, 0.717) is 32.1 Å². The molecule has 0 spiro atoms. The fourth-order valence-corrected chi connectivity index (χ4v) is 2.08. The van der Waals surface area contributed by atoms with E-state index >= 15 is 0 Å². The maximum atomic E-state index is 13.3. The van der Waals surface area contributed by atoms with Gasteiger partial charge in [0.2, 0.25) is 0 Å². The maximum absolute atomic E-state index is 13.3. The average molecular weight is 267 g/mol. The number of carbonyl (C=O) groups is 1. The summed E-state index contributed by atoms with van der Waals surface area (Å²) in [6, 6.07) is 1.23. The van der Waals surface area contributed by atoms with Crippen molar-refractivity contribution in [3.05, 3.63) is 23.6 Å². The number of aromatic nitrogens is 1. The highest BCUT2D eigenvalue weighted by atomic mass is 19.1. The summed E-state index contributed by atoms with van der Waals surface area (Å²) in [6.45, 7) is 5.97. The predicted octanol–water partition coefficient (Wildman–Crippen LogP) is 1.51. The lowest BCUT2D eigenvalue weighted by molar-refractivity contribution is -0.0124. The predicted molar refractivity (Wildman–Crippen MR) is 69.7 cm³/mol. The molecule has 0 saturated carbocycles. The minimum Gasteiger partial charge on any atom is -0.375 e. The first kappa shape index (κ1) is 13.7. The molecular formula is C13H18FN3O2. The van der Waals surface area contributed by atoms with E-state index in [2.05, 4.69) is 10.3 Å². The van der Waals surface area contributed by atoms with E-state index < -0.39 is 5.82 Å². The van der Waals surface area contributed by atoms with Gasteiger partial charge in [0.15, 0.2) is 0 Å². The molecule has 0 aromatic carbocycles. The van der Waals surface area contributed by atoms with Crippen LogP contribution in [0.15, 0.2) is 12.3 Å². The molecule has 2 rings (SSSR count). The van der Waals surface area contributed by atoms with Gasteiger partial charge in [-0.15, -0.1) is 0 Å². The minimum absolute atomic E-state index is 0.00167.